The molecule has 2 aliphatic rings. The number of carbonyl (C=O) groups is 2. The number of nitrogens with zero attached hydrogens (tertiary/aromatic N) is 1. The maximum atomic E-state index is 12.9. The second-order valence-electron chi connectivity index (χ2n) is 7.57. The lowest BCUT2D eigenvalue weighted by atomic mass is 9.87. The summed E-state index contributed by atoms with van der Waals surface area (Å²) >= 11 is 0. The van der Waals surface area contributed by atoms with E-state index in [-0.39, 0.29) is 17.9 Å². The Balaban J connectivity index is 2.21. The van der Waals surface area contributed by atoms with E-state index < -0.39 is 5.54 Å². The zero-order valence-electron chi connectivity index (χ0n) is 13.9. The van der Waals surface area contributed by atoms with E-state index >= 15 is 0 Å². The summed E-state index contributed by atoms with van der Waals surface area (Å²) in [4.78, 5) is 27.5. The van der Waals surface area contributed by atoms with Crippen molar-refractivity contribution in [2.45, 2.75) is 77.8 Å². The molecular weight excluding hydrogens is 264 g/mol. The Morgan fingerprint density at radius 1 is 1.14 bits per heavy atom. The molecule has 0 bridgehead atoms. The summed E-state index contributed by atoms with van der Waals surface area (Å²) in [6, 6.07) is -0.323. The van der Waals surface area contributed by atoms with Gasteiger partial charge >= 0.3 is 0 Å². The quantitative estimate of drug-likeness (QED) is 0.847. The lowest BCUT2D eigenvalue weighted by molar-refractivity contribution is -0.158. The molecule has 1 aliphatic carbocycles. The minimum atomic E-state index is -0.542. The van der Waals surface area contributed by atoms with Crippen molar-refractivity contribution in [2.24, 2.45) is 11.8 Å². The van der Waals surface area contributed by atoms with Gasteiger partial charge in [0.15, 0.2) is 0 Å². The molecule has 1 unspecified atom stereocenters. The highest BCUT2D eigenvalue weighted by atomic mass is 16.2. The summed E-state index contributed by atoms with van der Waals surface area (Å²) in [5.74, 6) is 1.19. The molecule has 120 valence electrons. The maximum absolute atomic E-state index is 12.9. The van der Waals surface area contributed by atoms with Gasteiger partial charge in [-0.3, -0.25) is 9.59 Å². The van der Waals surface area contributed by atoms with Crippen molar-refractivity contribution in [1.29, 1.82) is 0 Å². The van der Waals surface area contributed by atoms with Crippen LogP contribution in [0.3, 0.4) is 0 Å². The van der Waals surface area contributed by atoms with Gasteiger partial charge in [-0.05, 0) is 37.5 Å². The second kappa shape index (κ2) is 6.37. The van der Waals surface area contributed by atoms with E-state index in [2.05, 4.69) is 33.0 Å². The predicted octanol–water partition coefficient (Wildman–Crippen LogP) is 2.72. The maximum Gasteiger partial charge on any atom is 0.246 e. The van der Waals surface area contributed by atoms with E-state index in [1.807, 2.05) is 4.90 Å². The number of nitrogens with one attached hydrogen (secondary N) is 1. The zero-order chi connectivity index (χ0) is 15.6. The van der Waals surface area contributed by atoms with Gasteiger partial charge in [-0.2, -0.15) is 0 Å². The Morgan fingerprint density at radius 3 is 2.29 bits per heavy atom. The van der Waals surface area contributed by atoms with Crippen molar-refractivity contribution >= 4 is 11.8 Å². The minimum absolute atomic E-state index is 0.0917. The largest absolute Gasteiger partial charge is 0.342 e. The van der Waals surface area contributed by atoms with Crippen LogP contribution in [-0.2, 0) is 9.59 Å². The van der Waals surface area contributed by atoms with Crippen LogP contribution in [0.15, 0.2) is 0 Å². The van der Waals surface area contributed by atoms with Crippen LogP contribution in [0.5, 0.6) is 0 Å². The number of amides is 2. The summed E-state index contributed by atoms with van der Waals surface area (Å²) in [5.41, 5.74) is -0.542. The first-order valence-corrected chi connectivity index (χ1v) is 8.49. The highest BCUT2D eigenvalue weighted by Gasteiger charge is 2.53. The molecule has 4 nitrogen and oxygen atoms in total. The molecule has 1 saturated heterocycles. The second-order valence-corrected chi connectivity index (χ2v) is 7.57. The van der Waals surface area contributed by atoms with Crippen LogP contribution in [0.25, 0.3) is 0 Å². The van der Waals surface area contributed by atoms with Crippen molar-refractivity contribution in [3.05, 3.63) is 0 Å². The Kier molecular flexibility index (Phi) is 4.95. The van der Waals surface area contributed by atoms with Crippen LogP contribution in [0.1, 0.15) is 66.2 Å². The van der Waals surface area contributed by atoms with Crippen LogP contribution in [0.4, 0.5) is 0 Å². The van der Waals surface area contributed by atoms with Crippen molar-refractivity contribution < 1.29 is 9.59 Å². The van der Waals surface area contributed by atoms with Gasteiger partial charge in [0.1, 0.15) is 11.6 Å². The van der Waals surface area contributed by atoms with Crippen molar-refractivity contribution in [3.8, 4) is 0 Å². The molecule has 0 aromatic carbocycles. The molecule has 21 heavy (non-hydrogen) atoms. The van der Waals surface area contributed by atoms with Gasteiger partial charge in [0, 0.05) is 6.54 Å². The van der Waals surface area contributed by atoms with Gasteiger partial charge in [-0.25, -0.2) is 0 Å². The summed E-state index contributed by atoms with van der Waals surface area (Å²) in [5, 5.41) is 3.02. The first kappa shape index (κ1) is 16.3. The van der Waals surface area contributed by atoms with Crippen molar-refractivity contribution in [3.63, 3.8) is 0 Å². The van der Waals surface area contributed by atoms with Gasteiger partial charge in [0.2, 0.25) is 11.8 Å². The first-order valence-electron chi connectivity index (χ1n) is 8.49. The van der Waals surface area contributed by atoms with Crippen molar-refractivity contribution in [1.82, 2.24) is 10.2 Å². The summed E-state index contributed by atoms with van der Waals surface area (Å²) in [6.07, 6.45) is 5.46. The molecular formula is C17H30N2O2. The Morgan fingerprint density at radius 2 is 1.76 bits per heavy atom. The van der Waals surface area contributed by atoms with E-state index in [0.29, 0.717) is 11.8 Å². The van der Waals surface area contributed by atoms with Crippen LogP contribution in [-0.4, -0.2) is 34.8 Å². The van der Waals surface area contributed by atoms with Crippen molar-refractivity contribution in [2.75, 3.05) is 6.54 Å². The molecule has 1 atom stereocenters. The van der Waals surface area contributed by atoms with Gasteiger partial charge in [-0.15, -0.1) is 0 Å². The molecule has 1 N–H and O–H groups in total. The standard InChI is InChI=1S/C17H30N2O2/c1-12(2)7-10-19-15(20)14(11-13(3)4)18-16(21)17(19)8-5-6-9-17/h12-14H,5-11H2,1-4H3,(H,18,21). The molecule has 0 radical (unpaired) electrons. The third-order valence-corrected chi connectivity index (χ3v) is 4.88. The molecule has 0 aromatic heterocycles. The number of hydrogen-bond acceptors (Lipinski definition) is 2. The first-order chi connectivity index (χ1) is 9.86. The highest BCUT2D eigenvalue weighted by Crippen LogP contribution is 2.39. The molecule has 4 heteroatoms. The molecule has 1 spiro atoms. The lowest BCUT2D eigenvalue weighted by Gasteiger charge is -2.47. The highest BCUT2D eigenvalue weighted by molar-refractivity contribution is 6.00. The lowest BCUT2D eigenvalue weighted by Crippen LogP contribution is -2.70. The van der Waals surface area contributed by atoms with Gasteiger partial charge in [0.25, 0.3) is 0 Å². The fraction of sp³-hybridized carbons (Fsp3) is 0.882. The van der Waals surface area contributed by atoms with Crippen LogP contribution < -0.4 is 5.32 Å². The molecule has 2 fully saturated rings. The Bertz CT molecular complexity index is 398. The third-order valence-electron chi connectivity index (χ3n) is 4.88. The summed E-state index contributed by atoms with van der Waals surface area (Å²) in [6.45, 7) is 9.25. The fourth-order valence-corrected chi connectivity index (χ4v) is 3.68. The van der Waals surface area contributed by atoms with E-state index in [0.717, 1.165) is 45.1 Å². The van der Waals surface area contributed by atoms with Crippen LogP contribution >= 0.6 is 0 Å². The minimum Gasteiger partial charge on any atom is -0.342 e. The molecule has 0 aromatic rings. The molecule has 2 amide bonds. The van der Waals surface area contributed by atoms with E-state index in [1.165, 1.54) is 0 Å². The number of rotatable bonds is 5. The SMILES string of the molecule is CC(C)CCN1C(=O)C(CC(C)C)NC(=O)C12CCCC2. The number of hydrogen-bond donors (Lipinski definition) is 1. The molecule has 2 rings (SSSR count). The molecule has 1 heterocycles. The van der Waals surface area contributed by atoms with Gasteiger partial charge in [-0.1, -0.05) is 40.5 Å². The Labute approximate surface area is 128 Å². The van der Waals surface area contributed by atoms with Gasteiger partial charge in [0.05, 0.1) is 0 Å². The van der Waals surface area contributed by atoms with E-state index in [4.69, 9.17) is 0 Å². The Hall–Kier alpha value is -1.06. The van der Waals surface area contributed by atoms with E-state index in [9.17, 15) is 9.59 Å². The molecule has 1 saturated carbocycles. The smallest absolute Gasteiger partial charge is 0.246 e. The zero-order valence-corrected chi connectivity index (χ0v) is 13.9. The van der Waals surface area contributed by atoms with Crippen LogP contribution in [0, 0.1) is 11.8 Å². The average molecular weight is 294 g/mol. The average Bonchev–Trinajstić information content (AvgIpc) is 2.86. The predicted molar refractivity (Wildman–Crippen MR) is 83.8 cm³/mol. The van der Waals surface area contributed by atoms with E-state index in [1.54, 1.807) is 0 Å². The monoisotopic (exact) mass is 294 g/mol. The fourth-order valence-electron chi connectivity index (χ4n) is 3.68. The molecule has 1 aliphatic heterocycles. The normalized spacial score (nSPS) is 25.2. The number of carbonyl (C=O) groups excluding carboxylic acids is 2. The number of piperazine rings is 1. The van der Waals surface area contributed by atoms with Gasteiger partial charge < -0.3 is 10.2 Å². The third kappa shape index (κ3) is 3.24. The summed E-state index contributed by atoms with van der Waals surface area (Å²) in [7, 11) is 0. The summed E-state index contributed by atoms with van der Waals surface area (Å²) < 4.78 is 0. The topological polar surface area (TPSA) is 49.4 Å². The van der Waals surface area contributed by atoms with Crippen LogP contribution in [0.2, 0.25) is 0 Å².